The number of rotatable bonds is 54. The number of ether oxygens (including phenoxy) is 3. The van der Waals surface area contributed by atoms with Gasteiger partial charge in [-0.25, -0.2) is 0 Å². The van der Waals surface area contributed by atoms with Crippen LogP contribution >= 0.6 is 0 Å². The van der Waals surface area contributed by atoms with Crippen LogP contribution in [0.25, 0.3) is 0 Å². The lowest BCUT2D eigenvalue weighted by molar-refractivity contribution is -0.167. The van der Waals surface area contributed by atoms with E-state index >= 15 is 0 Å². The third-order valence-electron chi connectivity index (χ3n) is 13.0. The molecule has 0 heterocycles. The Bertz CT molecular complexity index is 1190. The smallest absolute Gasteiger partial charge is 0.306 e. The van der Waals surface area contributed by atoms with Gasteiger partial charge in [0.1, 0.15) is 13.2 Å². The van der Waals surface area contributed by atoms with Crippen LogP contribution in [0.15, 0.2) is 48.6 Å². The van der Waals surface area contributed by atoms with Crippen LogP contribution in [0.3, 0.4) is 0 Å². The molecule has 0 aliphatic carbocycles. The molecule has 0 aromatic rings. The Morgan fingerprint density at radius 3 is 0.897 bits per heavy atom. The maximum absolute atomic E-state index is 12.9. The Labute approximate surface area is 422 Å². The normalized spacial score (nSPS) is 12.3. The van der Waals surface area contributed by atoms with E-state index in [1.165, 1.54) is 173 Å². The highest BCUT2D eigenvalue weighted by molar-refractivity contribution is 5.71. The second-order valence-corrected chi connectivity index (χ2v) is 19.9. The molecule has 0 saturated carbocycles. The number of carbonyl (C=O) groups excluding carboxylic acids is 3. The van der Waals surface area contributed by atoms with Gasteiger partial charge in [0.15, 0.2) is 6.10 Å². The van der Waals surface area contributed by atoms with Crippen molar-refractivity contribution < 1.29 is 28.6 Å². The van der Waals surface area contributed by atoms with Gasteiger partial charge in [0.2, 0.25) is 0 Å². The molecule has 0 rings (SSSR count). The lowest BCUT2D eigenvalue weighted by Gasteiger charge is -2.18. The first-order valence-corrected chi connectivity index (χ1v) is 29.6. The summed E-state index contributed by atoms with van der Waals surface area (Å²) >= 11 is 0. The number of hydrogen-bond acceptors (Lipinski definition) is 6. The van der Waals surface area contributed by atoms with Crippen LogP contribution < -0.4 is 0 Å². The summed E-state index contributed by atoms with van der Waals surface area (Å²) in [5.41, 5.74) is 0. The zero-order valence-corrected chi connectivity index (χ0v) is 45.4. The van der Waals surface area contributed by atoms with Crippen molar-refractivity contribution in [3.05, 3.63) is 48.6 Å². The van der Waals surface area contributed by atoms with Crippen molar-refractivity contribution in [1.82, 2.24) is 0 Å². The molecule has 0 amide bonds. The van der Waals surface area contributed by atoms with Crippen molar-refractivity contribution in [2.45, 2.75) is 316 Å². The largest absolute Gasteiger partial charge is 0.462 e. The first-order valence-electron chi connectivity index (χ1n) is 29.6. The van der Waals surface area contributed by atoms with Crippen LogP contribution in [-0.4, -0.2) is 37.2 Å². The first-order chi connectivity index (χ1) is 33.5. The molecule has 6 heteroatoms. The van der Waals surface area contributed by atoms with E-state index < -0.39 is 6.10 Å². The molecule has 0 aromatic carbocycles. The van der Waals surface area contributed by atoms with Crippen molar-refractivity contribution in [3.8, 4) is 0 Å². The highest BCUT2D eigenvalue weighted by atomic mass is 16.6. The Balaban J connectivity index is 4.33. The third kappa shape index (κ3) is 54.3. The Morgan fingerprint density at radius 1 is 0.294 bits per heavy atom. The average Bonchev–Trinajstić information content (AvgIpc) is 3.34. The van der Waals surface area contributed by atoms with E-state index in [0.29, 0.717) is 19.3 Å². The van der Waals surface area contributed by atoms with Gasteiger partial charge in [-0.15, -0.1) is 0 Å². The lowest BCUT2D eigenvalue weighted by Crippen LogP contribution is -2.30. The average molecular weight is 954 g/mol. The Kier molecular flexibility index (Phi) is 54.8. The van der Waals surface area contributed by atoms with Gasteiger partial charge in [-0.2, -0.15) is 0 Å². The van der Waals surface area contributed by atoms with Crippen molar-refractivity contribution in [3.63, 3.8) is 0 Å². The molecule has 1 atom stereocenters. The number of allylic oxidation sites excluding steroid dienone is 8. The van der Waals surface area contributed by atoms with E-state index in [2.05, 4.69) is 69.4 Å². The highest BCUT2D eigenvalue weighted by Gasteiger charge is 2.19. The fourth-order valence-electron chi connectivity index (χ4n) is 8.57. The van der Waals surface area contributed by atoms with Gasteiger partial charge >= 0.3 is 17.9 Å². The van der Waals surface area contributed by atoms with E-state index in [4.69, 9.17) is 14.2 Å². The van der Waals surface area contributed by atoms with Crippen molar-refractivity contribution in [2.24, 2.45) is 0 Å². The summed E-state index contributed by atoms with van der Waals surface area (Å²) in [6, 6.07) is 0. The Morgan fingerprint density at radius 2 is 0.559 bits per heavy atom. The third-order valence-corrected chi connectivity index (χ3v) is 13.0. The molecule has 396 valence electrons. The minimum Gasteiger partial charge on any atom is -0.462 e. The van der Waals surface area contributed by atoms with Crippen LogP contribution in [0.1, 0.15) is 310 Å². The zero-order chi connectivity index (χ0) is 49.3. The predicted octanol–water partition coefficient (Wildman–Crippen LogP) is 19.8. The van der Waals surface area contributed by atoms with Crippen molar-refractivity contribution in [1.29, 1.82) is 0 Å². The van der Waals surface area contributed by atoms with Gasteiger partial charge in [-0.1, -0.05) is 262 Å². The summed E-state index contributed by atoms with van der Waals surface area (Å²) in [7, 11) is 0. The predicted molar refractivity (Wildman–Crippen MR) is 293 cm³/mol. The molecule has 0 aliphatic rings. The summed E-state index contributed by atoms with van der Waals surface area (Å²) in [6.07, 6.45) is 69.6. The number of unbranched alkanes of at least 4 members (excludes halogenated alkanes) is 35. The molecule has 0 spiro atoms. The summed E-state index contributed by atoms with van der Waals surface area (Å²) in [6.45, 7) is 6.57. The minimum absolute atomic E-state index is 0.0779. The molecule has 68 heavy (non-hydrogen) atoms. The standard InChI is InChI=1S/C62H112O6/c1-4-7-10-13-16-19-22-25-27-29-30-31-33-34-37-40-43-46-49-52-55-61(64)67-58-59(57-66-60(63)54-51-48-45-42-39-36-24-21-18-15-12-9-6-3)68-62(65)56-53-50-47-44-41-38-35-32-28-26-23-20-17-14-11-8-5-2/h12,15,17,20-21,24,26,28,59H,4-11,13-14,16,18-19,22-23,25,27,29-58H2,1-3H3/b15-12-,20-17-,24-21-,28-26-. The molecule has 6 nitrogen and oxygen atoms in total. The fraction of sp³-hybridized carbons (Fsp3) is 0.823. The molecule has 0 aromatic heterocycles. The molecule has 0 radical (unpaired) electrons. The van der Waals surface area contributed by atoms with Gasteiger partial charge < -0.3 is 14.2 Å². The van der Waals surface area contributed by atoms with Crippen LogP contribution in [0, 0.1) is 0 Å². The van der Waals surface area contributed by atoms with E-state index in [1.54, 1.807) is 0 Å². The molecular weight excluding hydrogens is 841 g/mol. The van der Waals surface area contributed by atoms with E-state index in [9.17, 15) is 14.4 Å². The molecule has 1 unspecified atom stereocenters. The van der Waals surface area contributed by atoms with E-state index in [1.807, 2.05) is 0 Å². The van der Waals surface area contributed by atoms with E-state index in [-0.39, 0.29) is 31.1 Å². The summed E-state index contributed by atoms with van der Waals surface area (Å²) in [5, 5.41) is 0. The molecule has 0 aliphatic heterocycles. The molecule has 0 fully saturated rings. The first kappa shape index (κ1) is 65.4. The van der Waals surface area contributed by atoms with Crippen LogP contribution in [0.4, 0.5) is 0 Å². The molecule has 0 saturated heterocycles. The van der Waals surface area contributed by atoms with Gasteiger partial charge in [0.25, 0.3) is 0 Å². The Hall–Kier alpha value is -2.63. The fourth-order valence-corrected chi connectivity index (χ4v) is 8.57. The lowest BCUT2D eigenvalue weighted by atomic mass is 10.0. The van der Waals surface area contributed by atoms with Crippen molar-refractivity contribution >= 4 is 17.9 Å². The number of hydrogen-bond donors (Lipinski definition) is 0. The molecular formula is C62H112O6. The quantitative estimate of drug-likeness (QED) is 0.0262. The monoisotopic (exact) mass is 953 g/mol. The van der Waals surface area contributed by atoms with Crippen LogP contribution in [0.5, 0.6) is 0 Å². The van der Waals surface area contributed by atoms with Gasteiger partial charge in [0.05, 0.1) is 0 Å². The molecule has 0 bridgehead atoms. The van der Waals surface area contributed by atoms with Gasteiger partial charge in [0, 0.05) is 19.3 Å². The van der Waals surface area contributed by atoms with Crippen molar-refractivity contribution in [2.75, 3.05) is 13.2 Å². The van der Waals surface area contributed by atoms with Crippen LogP contribution in [0.2, 0.25) is 0 Å². The molecule has 0 N–H and O–H groups in total. The maximum atomic E-state index is 12.9. The second-order valence-electron chi connectivity index (χ2n) is 19.9. The topological polar surface area (TPSA) is 78.9 Å². The maximum Gasteiger partial charge on any atom is 0.306 e. The summed E-state index contributed by atoms with van der Waals surface area (Å²) in [5.74, 6) is -0.885. The number of esters is 3. The SMILES string of the molecule is CCC/C=C\C/C=C\CCCCCCCC(=O)OCC(COC(=O)CCCCCCCCCCCCCCCCCCCCCC)OC(=O)CCCCCCCCC/C=C\C/C=C\CCCCC. The zero-order valence-electron chi connectivity index (χ0n) is 45.4. The summed E-state index contributed by atoms with van der Waals surface area (Å²) in [4.78, 5) is 38.2. The second kappa shape index (κ2) is 57.0. The van der Waals surface area contributed by atoms with E-state index in [0.717, 1.165) is 96.3 Å². The minimum atomic E-state index is -0.781. The van der Waals surface area contributed by atoms with Gasteiger partial charge in [-0.05, 0) is 77.0 Å². The van der Waals surface area contributed by atoms with Crippen LogP contribution in [-0.2, 0) is 28.6 Å². The summed E-state index contributed by atoms with van der Waals surface area (Å²) < 4.78 is 16.9. The number of carbonyl (C=O) groups is 3. The highest BCUT2D eigenvalue weighted by Crippen LogP contribution is 2.17. The van der Waals surface area contributed by atoms with Gasteiger partial charge in [-0.3, -0.25) is 14.4 Å².